The Morgan fingerprint density at radius 1 is 1.53 bits per heavy atom. The van der Waals surface area contributed by atoms with Gasteiger partial charge in [0.15, 0.2) is 0 Å². The number of amides is 1. The van der Waals surface area contributed by atoms with E-state index < -0.39 is 5.60 Å². The molecule has 2 N–H and O–H groups in total. The van der Waals surface area contributed by atoms with Crippen molar-refractivity contribution in [2.75, 3.05) is 19.6 Å². The fraction of sp³-hybridized carbons (Fsp3) is 0.900. The molecule has 1 fully saturated rings. The van der Waals surface area contributed by atoms with E-state index >= 15 is 0 Å². The maximum absolute atomic E-state index is 11.6. The van der Waals surface area contributed by atoms with Crippen LogP contribution in [0.5, 0.6) is 0 Å². The van der Waals surface area contributed by atoms with Crippen LogP contribution in [0.25, 0.3) is 0 Å². The first-order valence-electron chi connectivity index (χ1n) is 5.10. The lowest BCUT2D eigenvalue weighted by Crippen LogP contribution is -2.35. The standard InChI is InChI=1S/C10H20N2O2.ClH/c1-10(2,3)14-9(13)12-5-4-8(6-11)7-12;/h8H,4-7,11H2,1-3H3;1H. The summed E-state index contributed by atoms with van der Waals surface area (Å²) in [5.74, 6) is 0.447. The van der Waals surface area contributed by atoms with E-state index in [1.807, 2.05) is 20.8 Å². The minimum absolute atomic E-state index is 0. The minimum atomic E-state index is -0.405. The highest BCUT2D eigenvalue weighted by Crippen LogP contribution is 2.18. The second kappa shape index (κ2) is 5.56. The van der Waals surface area contributed by atoms with E-state index in [-0.39, 0.29) is 18.5 Å². The van der Waals surface area contributed by atoms with Gasteiger partial charge in [-0.3, -0.25) is 0 Å². The molecular weight excluding hydrogens is 216 g/mol. The monoisotopic (exact) mass is 236 g/mol. The third-order valence-electron chi connectivity index (χ3n) is 2.27. The first kappa shape index (κ1) is 14.5. The van der Waals surface area contributed by atoms with Crippen LogP contribution in [0.3, 0.4) is 0 Å². The van der Waals surface area contributed by atoms with Crippen molar-refractivity contribution in [3.05, 3.63) is 0 Å². The lowest BCUT2D eigenvalue weighted by atomic mass is 10.1. The van der Waals surface area contributed by atoms with Crippen LogP contribution in [-0.2, 0) is 4.74 Å². The van der Waals surface area contributed by atoms with E-state index in [0.717, 1.165) is 19.5 Å². The molecule has 0 aromatic rings. The van der Waals surface area contributed by atoms with Gasteiger partial charge in [-0.1, -0.05) is 0 Å². The van der Waals surface area contributed by atoms with Crippen molar-refractivity contribution < 1.29 is 9.53 Å². The molecule has 0 aliphatic carbocycles. The van der Waals surface area contributed by atoms with Gasteiger partial charge in [0.25, 0.3) is 0 Å². The molecule has 0 saturated carbocycles. The first-order chi connectivity index (χ1) is 6.42. The Hall–Kier alpha value is -0.480. The molecule has 1 unspecified atom stereocenters. The van der Waals surface area contributed by atoms with Crippen molar-refractivity contribution in [3.63, 3.8) is 0 Å². The molecule has 4 nitrogen and oxygen atoms in total. The Morgan fingerprint density at radius 2 is 2.13 bits per heavy atom. The number of carbonyl (C=O) groups excluding carboxylic acids is 1. The van der Waals surface area contributed by atoms with E-state index in [2.05, 4.69) is 0 Å². The number of rotatable bonds is 1. The third kappa shape index (κ3) is 4.71. The summed E-state index contributed by atoms with van der Waals surface area (Å²) in [4.78, 5) is 13.3. The molecule has 15 heavy (non-hydrogen) atoms. The van der Waals surface area contributed by atoms with Gasteiger partial charge in [-0.15, -0.1) is 12.4 Å². The Balaban J connectivity index is 0.00000196. The van der Waals surface area contributed by atoms with Gasteiger partial charge in [0.2, 0.25) is 0 Å². The summed E-state index contributed by atoms with van der Waals surface area (Å²) in [7, 11) is 0. The summed E-state index contributed by atoms with van der Waals surface area (Å²) >= 11 is 0. The van der Waals surface area contributed by atoms with Crippen LogP contribution in [0.2, 0.25) is 0 Å². The summed E-state index contributed by atoms with van der Waals surface area (Å²) in [5, 5.41) is 0. The van der Waals surface area contributed by atoms with Crippen LogP contribution in [0, 0.1) is 5.92 Å². The van der Waals surface area contributed by atoms with Gasteiger partial charge in [0, 0.05) is 13.1 Å². The first-order valence-corrected chi connectivity index (χ1v) is 5.10. The van der Waals surface area contributed by atoms with Crippen molar-refractivity contribution in [1.29, 1.82) is 0 Å². The molecule has 1 heterocycles. The summed E-state index contributed by atoms with van der Waals surface area (Å²) in [5.41, 5.74) is 5.14. The fourth-order valence-electron chi connectivity index (χ4n) is 1.52. The Kier molecular flexibility index (Phi) is 5.38. The lowest BCUT2D eigenvalue weighted by molar-refractivity contribution is 0.0289. The molecule has 0 spiro atoms. The minimum Gasteiger partial charge on any atom is -0.444 e. The SMILES string of the molecule is CC(C)(C)OC(=O)N1CCC(CN)C1.Cl. The van der Waals surface area contributed by atoms with Crippen LogP contribution < -0.4 is 5.73 Å². The zero-order valence-electron chi connectivity index (χ0n) is 9.66. The largest absolute Gasteiger partial charge is 0.444 e. The van der Waals surface area contributed by atoms with Crippen LogP contribution in [-0.4, -0.2) is 36.2 Å². The molecule has 0 aromatic carbocycles. The molecule has 1 saturated heterocycles. The van der Waals surface area contributed by atoms with Crippen molar-refractivity contribution in [2.24, 2.45) is 11.7 Å². The second-order valence-electron chi connectivity index (χ2n) is 4.82. The smallest absolute Gasteiger partial charge is 0.410 e. The van der Waals surface area contributed by atoms with Crippen LogP contribution >= 0.6 is 12.4 Å². The van der Waals surface area contributed by atoms with Crippen molar-refractivity contribution in [3.8, 4) is 0 Å². The molecule has 0 aromatic heterocycles. The number of carbonyl (C=O) groups is 1. The molecule has 5 heteroatoms. The number of hydrogen-bond donors (Lipinski definition) is 1. The van der Waals surface area contributed by atoms with Gasteiger partial charge in [-0.25, -0.2) is 4.79 Å². The fourth-order valence-corrected chi connectivity index (χ4v) is 1.52. The number of nitrogens with two attached hydrogens (primary N) is 1. The highest BCUT2D eigenvalue weighted by Gasteiger charge is 2.28. The van der Waals surface area contributed by atoms with Crippen LogP contribution in [0.15, 0.2) is 0 Å². The van der Waals surface area contributed by atoms with Gasteiger partial charge in [0.1, 0.15) is 5.60 Å². The third-order valence-corrected chi connectivity index (χ3v) is 2.27. The summed E-state index contributed by atoms with van der Waals surface area (Å²) in [6.07, 6.45) is 0.781. The molecule has 0 radical (unpaired) electrons. The quantitative estimate of drug-likeness (QED) is 0.753. The average Bonchev–Trinajstić information content (AvgIpc) is 2.48. The number of hydrogen-bond acceptors (Lipinski definition) is 3. The zero-order valence-corrected chi connectivity index (χ0v) is 10.5. The normalized spacial score (nSPS) is 21.1. The van der Waals surface area contributed by atoms with Gasteiger partial charge < -0.3 is 15.4 Å². The Bertz CT molecular complexity index is 216. The van der Waals surface area contributed by atoms with Gasteiger partial charge in [-0.05, 0) is 39.7 Å². The summed E-state index contributed by atoms with van der Waals surface area (Å²) < 4.78 is 5.26. The van der Waals surface area contributed by atoms with Crippen LogP contribution in [0.1, 0.15) is 27.2 Å². The number of halogens is 1. The van der Waals surface area contributed by atoms with Crippen molar-refractivity contribution in [2.45, 2.75) is 32.8 Å². The highest BCUT2D eigenvalue weighted by atomic mass is 35.5. The van der Waals surface area contributed by atoms with E-state index in [0.29, 0.717) is 12.5 Å². The molecule has 1 aliphatic heterocycles. The highest BCUT2D eigenvalue weighted by molar-refractivity contribution is 5.85. The number of likely N-dealkylation sites (tertiary alicyclic amines) is 1. The second-order valence-corrected chi connectivity index (χ2v) is 4.82. The average molecular weight is 237 g/mol. The maximum atomic E-state index is 11.6. The summed E-state index contributed by atoms with van der Waals surface area (Å²) in [6.45, 7) is 7.80. The predicted octanol–water partition coefficient (Wildman–Crippen LogP) is 1.62. The van der Waals surface area contributed by atoms with Crippen LogP contribution in [0.4, 0.5) is 4.79 Å². The molecule has 1 rings (SSSR count). The van der Waals surface area contributed by atoms with E-state index in [1.165, 1.54) is 0 Å². The van der Waals surface area contributed by atoms with Gasteiger partial charge in [-0.2, -0.15) is 0 Å². The van der Waals surface area contributed by atoms with Gasteiger partial charge in [0.05, 0.1) is 0 Å². The molecule has 1 amide bonds. The topological polar surface area (TPSA) is 55.6 Å². The molecular formula is C10H21ClN2O2. The molecule has 90 valence electrons. The zero-order chi connectivity index (χ0) is 10.8. The van der Waals surface area contributed by atoms with E-state index in [9.17, 15) is 4.79 Å². The predicted molar refractivity (Wildman–Crippen MR) is 62.2 cm³/mol. The lowest BCUT2D eigenvalue weighted by Gasteiger charge is -2.24. The number of nitrogens with zero attached hydrogens (tertiary/aromatic N) is 1. The molecule has 1 atom stereocenters. The molecule has 1 aliphatic rings. The summed E-state index contributed by atoms with van der Waals surface area (Å²) in [6, 6.07) is 0. The van der Waals surface area contributed by atoms with Gasteiger partial charge >= 0.3 is 6.09 Å². The molecule has 0 bridgehead atoms. The van der Waals surface area contributed by atoms with Crippen molar-refractivity contribution >= 4 is 18.5 Å². The van der Waals surface area contributed by atoms with Crippen molar-refractivity contribution in [1.82, 2.24) is 4.90 Å². The van der Waals surface area contributed by atoms with E-state index in [1.54, 1.807) is 4.90 Å². The Labute approximate surface area is 97.5 Å². The van der Waals surface area contributed by atoms with E-state index in [4.69, 9.17) is 10.5 Å². The number of ether oxygens (including phenoxy) is 1. The Morgan fingerprint density at radius 3 is 2.53 bits per heavy atom. The maximum Gasteiger partial charge on any atom is 0.410 e.